The number of aliphatic hydroxyl groups excluding tert-OH is 1. The first-order valence-electron chi connectivity index (χ1n) is 4.82. The molecule has 2 atom stereocenters. The highest BCUT2D eigenvalue weighted by Gasteiger charge is 2.16. The molecule has 0 aromatic carbocycles. The summed E-state index contributed by atoms with van der Waals surface area (Å²) in [5.74, 6) is 0. The summed E-state index contributed by atoms with van der Waals surface area (Å²) in [7, 11) is 0. The highest BCUT2D eigenvalue weighted by molar-refractivity contribution is 4.71. The van der Waals surface area contributed by atoms with Crippen LogP contribution in [0.2, 0.25) is 0 Å². The lowest BCUT2D eigenvalue weighted by molar-refractivity contribution is 0.103. The van der Waals surface area contributed by atoms with Gasteiger partial charge in [0.2, 0.25) is 0 Å². The summed E-state index contributed by atoms with van der Waals surface area (Å²) in [6.07, 6.45) is 3.70. The van der Waals surface area contributed by atoms with Gasteiger partial charge in [0.15, 0.2) is 0 Å². The van der Waals surface area contributed by atoms with Crippen LogP contribution in [0.15, 0.2) is 0 Å². The summed E-state index contributed by atoms with van der Waals surface area (Å²) in [6.45, 7) is 4.09. The van der Waals surface area contributed by atoms with Gasteiger partial charge in [-0.1, -0.05) is 6.92 Å². The molecule has 1 rings (SSSR count). The van der Waals surface area contributed by atoms with Crippen molar-refractivity contribution >= 4 is 0 Å². The first kappa shape index (κ1) is 9.96. The normalized spacial score (nSPS) is 26.0. The van der Waals surface area contributed by atoms with Gasteiger partial charge in [-0.3, -0.25) is 0 Å². The van der Waals surface area contributed by atoms with Crippen molar-refractivity contribution in [2.45, 2.75) is 38.3 Å². The summed E-state index contributed by atoms with van der Waals surface area (Å²) in [4.78, 5) is 0. The molecule has 72 valence electrons. The van der Waals surface area contributed by atoms with Gasteiger partial charge in [-0.05, 0) is 19.3 Å². The van der Waals surface area contributed by atoms with E-state index in [0.717, 1.165) is 26.0 Å². The molecule has 0 bridgehead atoms. The maximum absolute atomic E-state index is 8.90. The van der Waals surface area contributed by atoms with Crippen molar-refractivity contribution < 1.29 is 9.84 Å². The van der Waals surface area contributed by atoms with Crippen molar-refractivity contribution in [3.63, 3.8) is 0 Å². The molecule has 12 heavy (non-hydrogen) atoms. The van der Waals surface area contributed by atoms with Gasteiger partial charge in [-0.15, -0.1) is 0 Å². The summed E-state index contributed by atoms with van der Waals surface area (Å²) in [6, 6.07) is 0.245. The molecular formula is C9H19NO2. The Balaban J connectivity index is 2.06. The number of hydrogen-bond acceptors (Lipinski definition) is 3. The van der Waals surface area contributed by atoms with Gasteiger partial charge in [-0.2, -0.15) is 0 Å². The van der Waals surface area contributed by atoms with Crippen molar-refractivity contribution in [1.29, 1.82) is 0 Å². The van der Waals surface area contributed by atoms with E-state index in [1.807, 2.05) is 0 Å². The maximum atomic E-state index is 8.90. The zero-order valence-electron chi connectivity index (χ0n) is 7.75. The summed E-state index contributed by atoms with van der Waals surface area (Å²) < 4.78 is 5.45. The smallest absolute Gasteiger partial charge is 0.0700 e. The average molecular weight is 173 g/mol. The molecule has 1 aliphatic heterocycles. The molecule has 1 aliphatic rings. The predicted molar refractivity (Wildman–Crippen MR) is 48.1 cm³/mol. The fraction of sp³-hybridized carbons (Fsp3) is 1.00. The monoisotopic (exact) mass is 173 g/mol. The SMILES string of the molecule is CC[C@H](CO)NCC1CCCO1. The van der Waals surface area contributed by atoms with Crippen LogP contribution in [0.3, 0.4) is 0 Å². The second kappa shape index (κ2) is 5.51. The molecule has 2 N–H and O–H groups in total. The highest BCUT2D eigenvalue weighted by atomic mass is 16.5. The van der Waals surface area contributed by atoms with E-state index in [1.165, 1.54) is 6.42 Å². The molecule has 0 radical (unpaired) electrons. The van der Waals surface area contributed by atoms with Gasteiger partial charge in [0.05, 0.1) is 12.7 Å². The Kier molecular flexibility index (Phi) is 4.58. The Labute approximate surface area is 74.1 Å². The Morgan fingerprint density at radius 1 is 1.67 bits per heavy atom. The number of rotatable bonds is 5. The van der Waals surface area contributed by atoms with Gasteiger partial charge >= 0.3 is 0 Å². The molecule has 1 fully saturated rings. The molecule has 0 saturated carbocycles. The van der Waals surface area contributed by atoms with E-state index in [-0.39, 0.29) is 12.6 Å². The minimum absolute atomic E-state index is 0.225. The third kappa shape index (κ3) is 3.09. The van der Waals surface area contributed by atoms with Gasteiger partial charge in [-0.25, -0.2) is 0 Å². The molecular weight excluding hydrogens is 154 g/mol. The van der Waals surface area contributed by atoms with Crippen molar-refractivity contribution in [3.05, 3.63) is 0 Å². The molecule has 1 heterocycles. The Hall–Kier alpha value is -0.120. The van der Waals surface area contributed by atoms with Crippen LogP contribution in [0, 0.1) is 0 Å². The third-order valence-electron chi connectivity index (χ3n) is 2.37. The topological polar surface area (TPSA) is 41.5 Å². The van der Waals surface area contributed by atoms with E-state index in [1.54, 1.807) is 0 Å². The predicted octanol–water partition coefficient (Wildman–Crippen LogP) is 0.526. The Bertz CT molecular complexity index is 107. The van der Waals surface area contributed by atoms with E-state index in [0.29, 0.717) is 6.10 Å². The lowest BCUT2D eigenvalue weighted by Gasteiger charge is -2.16. The fourth-order valence-corrected chi connectivity index (χ4v) is 1.44. The van der Waals surface area contributed by atoms with Gasteiger partial charge in [0.1, 0.15) is 0 Å². The largest absolute Gasteiger partial charge is 0.395 e. The third-order valence-corrected chi connectivity index (χ3v) is 2.37. The fourth-order valence-electron chi connectivity index (χ4n) is 1.44. The molecule has 0 amide bonds. The maximum Gasteiger partial charge on any atom is 0.0700 e. The molecule has 0 aromatic heterocycles. The average Bonchev–Trinajstić information content (AvgIpc) is 2.59. The van der Waals surface area contributed by atoms with Crippen LogP contribution in [0.1, 0.15) is 26.2 Å². The first-order chi connectivity index (χ1) is 5.86. The molecule has 3 heteroatoms. The van der Waals surface area contributed by atoms with Crippen LogP contribution in [-0.4, -0.2) is 37.0 Å². The number of ether oxygens (including phenoxy) is 1. The van der Waals surface area contributed by atoms with Crippen LogP contribution >= 0.6 is 0 Å². The van der Waals surface area contributed by atoms with Crippen LogP contribution in [0.5, 0.6) is 0 Å². The molecule has 0 spiro atoms. The van der Waals surface area contributed by atoms with Crippen molar-refractivity contribution in [2.75, 3.05) is 19.8 Å². The van der Waals surface area contributed by atoms with Crippen molar-refractivity contribution in [2.24, 2.45) is 0 Å². The second-order valence-electron chi connectivity index (χ2n) is 3.33. The molecule has 1 saturated heterocycles. The highest BCUT2D eigenvalue weighted by Crippen LogP contribution is 2.10. The summed E-state index contributed by atoms with van der Waals surface area (Å²) >= 11 is 0. The number of nitrogens with one attached hydrogen (secondary N) is 1. The molecule has 0 aromatic rings. The summed E-state index contributed by atoms with van der Waals surface area (Å²) in [5, 5.41) is 12.2. The quantitative estimate of drug-likeness (QED) is 0.637. The zero-order valence-corrected chi connectivity index (χ0v) is 7.75. The molecule has 1 unspecified atom stereocenters. The Morgan fingerprint density at radius 3 is 3.00 bits per heavy atom. The van der Waals surface area contributed by atoms with Crippen LogP contribution < -0.4 is 5.32 Å². The van der Waals surface area contributed by atoms with Gasteiger partial charge in [0.25, 0.3) is 0 Å². The van der Waals surface area contributed by atoms with E-state index in [2.05, 4.69) is 12.2 Å². The lowest BCUT2D eigenvalue weighted by Crippen LogP contribution is -2.37. The lowest BCUT2D eigenvalue weighted by atomic mass is 10.2. The van der Waals surface area contributed by atoms with E-state index in [9.17, 15) is 0 Å². The molecule has 3 nitrogen and oxygen atoms in total. The van der Waals surface area contributed by atoms with Gasteiger partial charge in [0, 0.05) is 19.2 Å². The zero-order chi connectivity index (χ0) is 8.81. The van der Waals surface area contributed by atoms with E-state index >= 15 is 0 Å². The summed E-state index contributed by atoms with van der Waals surface area (Å²) in [5.41, 5.74) is 0. The van der Waals surface area contributed by atoms with Gasteiger partial charge < -0.3 is 15.2 Å². The van der Waals surface area contributed by atoms with E-state index in [4.69, 9.17) is 9.84 Å². The first-order valence-corrected chi connectivity index (χ1v) is 4.82. The standard InChI is InChI=1S/C9H19NO2/c1-2-8(7-11)10-6-9-4-3-5-12-9/h8-11H,2-7H2,1H3/t8-,9?/m1/s1. The minimum Gasteiger partial charge on any atom is -0.395 e. The second-order valence-corrected chi connectivity index (χ2v) is 3.33. The molecule has 0 aliphatic carbocycles. The van der Waals surface area contributed by atoms with Crippen molar-refractivity contribution in [1.82, 2.24) is 5.32 Å². The number of hydrogen-bond donors (Lipinski definition) is 2. The number of aliphatic hydroxyl groups is 1. The minimum atomic E-state index is 0.225. The van der Waals surface area contributed by atoms with E-state index < -0.39 is 0 Å². The van der Waals surface area contributed by atoms with Crippen molar-refractivity contribution in [3.8, 4) is 0 Å². The van der Waals surface area contributed by atoms with Crippen LogP contribution in [0.4, 0.5) is 0 Å². The van der Waals surface area contributed by atoms with Crippen LogP contribution in [-0.2, 0) is 4.74 Å². The Morgan fingerprint density at radius 2 is 2.50 bits per heavy atom. The van der Waals surface area contributed by atoms with Crippen LogP contribution in [0.25, 0.3) is 0 Å².